The summed E-state index contributed by atoms with van der Waals surface area (Å²) in [4.78, 5) is 34.9. The first-order chi connectivity index (χ1) is 19.4. The summed E-state index contributed by atoms with van der Waals surface area (Å²) < 4.78 is 17.3. The van der Waals surface area contributed by atoms with Gasteiger partial charge in [-0.25, -0.2) is 4.79 Å². The molecule has 2 aliphatic heterocycles. The number of ether oxygens (including phenoxy) is 3. The Bertz CT molecular complexity index is 1270. The average molecular weight is 587 g/mol. The first-order valence-electron chi connectivity index (χ1n) is 13.8. The van der Waals surface area contributed by atoms with Crippen LogP contribution in [0.15, 0.2) is 47.8 Å². The van der Waals surface area contributed by atoms with Gasteiger partial charge < -0.3 is 24.0 Å². The van der Waals surface area contributed by atoms with Crippen molar-refractivity contribution in [1.82, 2.24) is 19.8 Å². The Kier molecular flexibility index (Phi) is 9.28. The van der Waals surface area contributed by atoms with Crippen LogP contribution in [0.25, 0.3) is 0 Å². The molecular formula is C29H39ClN6O5. The maximum Gasteiger partial charge on any atom is 0.410 e. The van der Waals surface area contributed by atoms with Crippen molar-refractivity contribution in [3.05, 3.63) is 53.3 Å². The molecule has 0 N–H and O–H groups in total. The van der Waals surface area contributed by atoms with Crippen LogP contribution < -0.4 is 9.64 Å². The Morgan fingerprint density at radius 2 is 1.83 bits per heavy atom. The molecule has 1 saturated heterocycles. The van der Waals surface area contributed by atoms with Crippen molar-refractivity contribution in [3.8, 4) is 5.75 Å². The van der Waals surface area contributed by atoms with Gasteiger partial charge in [0.05, 0.1) is 11.1 Å². The molecular weight excluding hydrogens is 548 g/mol. The Morgan fingerprint density at radius 1 is 1.12 bits per heavy atom. The third-order valence-corrected chi connectivity index (χ3v) is 6.69. The van der Waals surface area contributed by atoms with Crippen LogP contribution in [0.5, 0.6) is 5.75 Å². The van der Waals surface area contributed by atoms with Gasteiger partial charge in [-0.2, -0.15) is 5.10 Å². The van der Waals surface area contributed by atoms with Crippen LogP contribution in [0.3, 0.4) is 0 Å². The number of nitrogens with zero attached hydrogens (tertiary/aromatic N) is 6. The molecule has 2 aliphatic rings. The van der Waals surface area contributed by atoms with E-state index in [0.29, 0.717) is 36.1 Å². The topological polar surface area (TPSA) is 103 Å². The third-order valence-electron chi connectivity index (χ3n) is 6.39. The fourth-order valence-electron chi connectivity index (χ4n) is 4.34. The highest BCUT2D eigenvalue weighted by atomic mass is 35.5. The molecule has 0 bridgehead atoms. The van der Waals surface area contributed by atoms with Crippen molar-refractivity contribution < 1.29 is 23.8 Å². The van der Waals surface area contributed by atoms with Crippen molar-refractivity contribution in [2.45, 2.75) is 65.7 Å². The van der Waals surface area contributed by atoms with Crippen molar-refractivity contribution in [2.75, 3.05) is 38.1 Å². The molecule has 2 aromatic rings. The molecule has 41 heavy (non-hydrogen) atoms. The fourth-order valence-corrected chi connectivity index (χ4v) is 4.55. The number of pyridine rings is 1. The molecule has 222 valence electrons. The number of fused-ring (bicyclic) bond motifs is 1. The van der Waals surface area contributed by atoms with Gasteiger partial charge in [0.15, 0.2) is 18.3 Å². The predicted octanol–water partition coefficient (Wildman–Crippen LogP) is 4.40. The summed E-state index contributed by atoms with van der Waals surface area (Å²) in [6.07, 6.45) is 2.08. The van der Waals surface area contributed by atoms with Gasteiger partial charge in [0.1, 0.15) is 17.9 Å². The van der Waals surface area contributed by atoms with Gasteiger partial charge in [0.25, 0.3) is 0 Å². The summed E-state index contributed by atoms with van der Waals surface area (Å²) >= 11 is 6.55. The molecule has 1 fully saturated rings. The lowest BCUT2D eigenvalue weighted by Crippen LogP contribution is -2.48. The van der Waals surface area contributed by atoms with Gasteiger partial charge in [-0.15, -0.1) is 0 Å². The Hall–Kier alpha value is -3.57. The van der Waals surface area contributed by atoms with Gasteiger partial charge in [-0.3, -0.25) is 19.7 Å². The maximum absolute atomic E-state index is 13.4. The van der Waals surface area contributed by atoms with Crippen LogP contribution in [0.4, 0.5) is 10.5 Å². The van der Waals surface area contributed by atoms with E-state index in [1.54, 1.807) is 35.4 Å². The van der Waals surface area contributed by atoms with Crippen LogP contribution in [-0.2, 0) is 14.3 Å². The van der Waals surface area contributed by atoms with Crippen LogP contribution in [0, 0.1) is 0 Å². The number of carbonyl (C=O) groups is 2. The van der Waals surface area contributed by atoms with Crippen molar-refractivity contribution in [1.29, 1.82) is 0 Å². The lowest BCUT2D eigenvalue weighted by molar-refractivity contribution is -0.133. The average Bonchev–Trinajstić information content (AvgIpc) is 3.69. The Balaban J connectivity index is 1.52. The normalized spacial score (nSPS) is 18.0. The first-order valence-corrected chi connectivity index (χ1v) is 14.1. The SMILES string of the molecule is CCN(CCN(C)C(=O)OC(C)(C)C)C(=O)CN1N=C(c2ccncc2Cl)N(c2ccc(OC(C)C)cc2)C2OC21. The van der Waals surface area contributed by atoms with Crippen LogP contribution in [0.1, 0.15) is 47.1 Å². The number of amidine groups is 1. The number of hydrogen-bond donors (Lipinski definition) is 0. The maximum atomic E-state index is 13.4. The number of halogens is 1. The highest BCUT2D eigenvalue weighted by molar-refractivity contribution is 6.35. The molecule has 1 aromatic heterocycles. The summed E-state index contributed by atoms with van der Waals surface area (Å²) in [6, 6.07) is 9.49. The van der Waals surface area contributed by atoms with E-state index in [1.807, 2.05) is 70.7 Å². The van der Waals surface area contributed by atoms with E-state index in [-0.39, 0.29) is 24.8 Å². The predicted molar refractivity (Wildman–Crippen MR) is 157 cm³/mol. The Morgan fingerprint density at radius 3 is 2.44 bits per heavy atom. The van der Waals surface area contributed by atoms with E-state index >= 15 is 0 Å². The van der Waals surface area contributed by atoms with E-state index in [9.17, 15) is 9.59 Å². The second kappa shape index (κ2) is 12.5. The summed E-state index contributed by atoms with van der Waals surface area (Å²) in [5.74, 6) is 1.18. The largest absolute Gasteiger partial charge is 0.491 e. The standard InChI is InChI=1S/C29H39ClN6O5/c1-8-34(16-15-33(7)28(38)41-29(4,5)6)24(37)18-35-26-27(40-26)36(20-9-11-21(12-10-20)39-19(2)3)25(32-35)22-13-14-31-17-23(22)30/h9-14,17,19,26-27H,8,15-16,18H2,1-7H3. The minimum atomic E-state index is -0.591. The van der Waals surface area contributed by atoms with Crippen LogP contribution in [0.2, 0.25) is 5.02 Å². The van der Waals surface area contributed by atoms with E-state index in [4.69, 9.17) is 30.9 Å². The monoisotopic (exact) mass is 586 g/mol. The van der Waals surface area contributed by atoms with Crippen LogP contribution in [-0.4, -0.2) is 95.0 Å². The quantitative estimate of drug-likeness (QED) is 0.377. The zero-order valence-electron chi connectivity index (χ0n) is 24.7. The second-order valence-corrected chi connectivity index (χ2v) is 11.6. The number of rotatable bonds is 10. The minimum Gasteiger partial charge on any atom is -0.491 e. The van der Waals surface area contributed by atoms with E-state index in [1.165, 1.54) is 4.90 Å². The number of aromatic nitrogens is 1. The summed E-state index contributed by atoms with van der Waals surface area (Å²) in [5, 5.41) is 6.95. The van der Waals surface area contributed by atoms with Crippen molar-refractivity contribution >= 4 is 35.1 Å². The van der Waals surface area contributed by atoms with Gasteiger partial charge in [0.2, 0.25) is 5.91 Å². The van der Waals surface area contributed by atoms with Gasteiger partial charge >= 0.3 is 6.09 Å². The van der Waals surface area contributed by atoms with E-state index in [0.717, 1.165) is 11.4 Å². The number of epoxide rings is 1. The van der Waals surface area contributed by atoms with Crippen molar-refractivity contribution in [3.63, 3.8) is 0 Å². The number of amides is 2. The molecule has 1 aromatic carbocycles. The molecule has 11 nitrogen and oxygen atoms in total. The number of benzene rings is 1. The minimum absolute atomic E-state index is 0.00632. The number of hydrogen-bond acceptors (Lipinski definition) is 9. The van der Waals surface area contributed by atoms with Crippen molar-refractivity contribution in [2.24, 2.45) is 5.10 Å². The molecule has 2 atom stereocenters. The number of likely N-dealkylation sites (N-methyl/N-ethyl adjacent to an activating group) is 2. The third kappa shape index (κ3) is 7.59. The molecule has 0 radical (unpaired) electrons. The highest BCUT2D eigenvalue weighted by Gasteiger charge is 2.54. The highest BCUT2D eigenvalue weighted by Crippen LogP contribution is 2.39. The van der Waals surface area contributed by atoms with Gasteiger partial charge in [-0.1, -0.05) is 11.6 Å². The molecule has 0 aliphatic carbocycles. The first kappa shape index (κ1) is 30.4. The number of carbonyl (C=O) groups excluding carboxylic acids is 2. The zero-order valence-corrected chi connectivity index (χ0v) is 25.5. The molecule has 2 unspecified atom stereocenters. The second-order valence-electron chi connectivity index (χ2n) is 11.2. The molecule has 3 heterocycles. The van der Waals surface area contributed by atoms with Crippen LogP contribution >= 0.6 is 11.6 Å². The summed E-state index contributed by atoms with van der Waals surface area (Å²) in [7, 11) is 1.66. The zero-order chi connectivity index (χ0) is 29.9. The Labute approximate surface area is 246 Å². The molecule has 0 spiro atoms. The molecule has 12 heteroatoms. The molecule has 4 rings (SSSR count). The van der Waals surface area contributed by atoms with Gasteiger partial charge in [0, 0.05) is 50.3 Å². The lowest BCUT2D eigenvalue weighted by atomic mass is 10.1. The smallest absolute Gasteiger partial charge is 0.410 e. The number of anilines is 1. The summed E-state index contributed by atoms with van der Waals surface area (Å²) in [5.41, 5.74) is 0.930. The lowest BCUT2D eigenvalue weighted by Gasteiger charge is -2.33. The molecule has 2 amide bonds. The molecule has 0 saturated carbocycles. The number of hydrazone groups is 1. The summed E-state index contributed by atoms with van der Waals surface area (Å²) in [6.45, 7) is 12.5. The van der Waals surface area contributed by atoms with Gasteiger partial charge in [-0.05, 0) is 71.9 Å². The fraction of sp³-hybridized carbons (Fsp3) is 0.517. The van der Waals surface area contributed by atoms with E-state index < -0.39 is 17.9 Å². The van der Waals surface area contributed by atoms with E-state index in [2.05, 4.69) is 4.98 Å².